The van der Waals surface area contributed by atoms with Gasteiger partial charge in [-0.2, -0.15) is 0 Å². The number of aliphatic carboxylic acids is 1. The summed E-state index contributed by atoms with van der Waals surface area (Å²) in [7, 11) is 0. The standard InChI is InChI=1S/C17H23N3O4S/c1-16(2)12(15(22)23)20-13(21)11(14(20)25-16)18-8-19-6-9-5-10-3-4-17(9,7-19)24-10/h8-12,14H,3-7H2,1-2H3,(H,22,23)/t9?,10?,11-,12+,14-,17?/m1/s1. The first-order valence-corrected chi connectivity index (χ1v) is 9.87. The van der Waals surface area contributed by atoms with Crippen molar-refractivity contribution >= 4 is 30.0 Å². The van der Waals surface area contributed by atoms with Gasteiger partial charge in [0.1, 0.15) is 11.4 Å². The summed E-state index contributed by atoms with van der Waals surface area (Å²) in [5.74, 6) is -0.515. The molecule has 8 heteroatoms. The van der Waals surface area contributed by atoms with Crippen molar-refractivity contribution in [1.29, 1.82) is 0 Å². The average molecular weight is 365 g/mol. The third-order valence-electron chi connectivity index (χ3n) is 6.55. The molecule has 0 aromatic carbocycles. The highest BCUT2D eigenvalue weighted by molar-refractivity contribution is 8.01. The smallest absolute Gasteiger partial charge is 0.327 e. The third kappa shape index (κ3) is 2.07. The molecule has 0 aromatic heterocycles. The van der Waals surface area contributed by atoms with E-state index in [0.29, 0.717) is 12.0 Å². The summed E-state index contributed by atoms with van der Waals surface area (Å²) in [4.78, 5) is 32.2. The van der Waals surface area contributed by atoms with Gasteiger partial charge in [0.2, 0.25) is 0 Å². The normalized spacial score (nSPS) is 46.6. The third-order valence-corrected chi connectivity index (χ3v) is 8.10. The van der Waals surface area contributed by atoms with Crippen LogP contribution in [0.1, 0.15) is 33.1 Å². The van der Waals surface area contributed by atoms with E-state index < -0.39 is 22.8 Å². The zero-order valence-corrected chi connectivity index (χ0v) is 15.2. The number of β-lactam (4-membered cyclic amide) rings is 1. The molecule has 1 spiro atoms. The highest BCUT2D eigenvalue weighted by Crippen LogP contribution is 2.53. The Bertz CT molecular complexity index is 683. The van der Waals surface area contributed by atoms with E-state index in [0.717, 1.165) is 25.9 Å². The van der Waals surface area contributed by atoms with Gasteiger partial charge in [-0.25, -0.2) is 4.79 Å². The molecule has 5 saturated heterocycles. The van der Waals surface area contributed by atoms with Crippen molar-refractivity contribution in [3.63, 3.8) is 0 Å². The van der Waals surface area contributed by atoms with Crippen molar-refractivity contribution in [3.05, 3.63) is 0 Å². The van der Waals surface area contributed by atoms with E-state index in [2.05, 4.69) is 9.89 Å². The Morgan fingerprint density at radius 2 is 2.28 bits per heavy atom. The number of carboxylic acids is 1. The van der Waals surface area contributed by atoms with Crippen molar-refractivity contribution in [3.8, 4) is 0 Å². The molecule has 7 nitrogen and oxygen atoms in total. The molecule has 5 aliphatic heterocycles. The molecule has 6 atom stereocenters. The van der Waals surface area contributed by atoms with Gasteiger partial charge in [-0.05, 0) is 33.1 Å². The summed E-state index contributed by atoms with van der Waals surface area (Å²) in [6.45, 7) is 5.59. The van der Waals surface area contributed by atoms with Crippen LogP contribution in [-0.2, 0) is 14.3 Å². The molecule has 2 bridgehead atoms. The number of hydrogen-bond donors (Lipinski definition) is 1. The van der Waals surface area contributed by atoms with E-state index in [1.54, 1.807) is 11.8 Å². The number of nitrogens with zero attached hydrogens (tertiary/aromatic N) is 3. The predicted octanol–water partition coefficient (Wildman–Crippen LogP) is 0.783. The molecule has 5 fully saturated rings. The number of carboxylic acid groups (broad SMARTS) is 1. The summed E-state index contributed by atoms with van der Waals surface area (Å²) >= 11 is 1.54. The van der Waals surface area contributed by atoms with E-state index in [-0.39, 0.29) is 16.9 Å². The van der Waals surface area contributed by atoms with Crippen LogP contribution in [0.25, 0.3) is 0 Å². The molecular formula is C17H23N3O4S. The average Bonchev–Trinajstić information content (AvgIpc) is 3.22. The maximum absolute atomic E-state index is 12.5. The van der Waals surface area contributed by atoms with Gasteiger partial charge in [-0.1, -0.05) is 0 Å². The van der Waals surface area contributed by atoms with Crippen LogP contribution in [0.4, 0.5) is 0 Å². The quantitative estimate of drug-likeness (QED) is 0.452. The number of fused-ring (bicyclic) bond motifs is 2. The zero-order chi connectivity index (χ0) is 17.6. The Morgan fingerprint density at radius 1 is 1.48 bits per heavy atom. The minimum Gasteiger partial charge on any atom is -0.480 e. The number of rotatable bonds is 3. The van der Waals surface area contributed by atoms with Crippen LogP contribution in [0, 0.1) is 5.92 Å². The van der Waals surface area contributed by atoms with Crippen LogP contribution in [0.3, 0.4) is 0 Å². The lowest BCUT2D eigenvalue weighted by molar-refractivity contribution is -0.158. The van der Waals surface area contributed by atoms with Crippen molar-refractivity contribution in [2.45, 2.75) is 67.0 Å². The number of carbonyl (C=O) groups is 2. The molecule has 3 unspecified atom stereocenters. The largest absolute Gasteiger partial charge is 0.480 e. The Labute approximate surface area is 150 Å². The van der Waals surface area contributed by atoms with Gasteiger partial charge >= 0.3 is 5.97 Å². The number of hydrogen-bond acceptors (Lipinski definition) is 5. The van der Waals surface area contributed by atoms with Crippen LogP contribution in [-0.4, -0.2) is 80.1 Å². The summed E-state index contributed by atoms with van der Waals surface area (Å²) in [5, 5.41) is 9.30. The maximum atomic E-state index is 12.5. The molecule has 5 heterocycles. The van der Waals surface area contributed by atoms with Gasteiger partial charge in [-0.15, -0.1) is 11.8 Å². The number of ether oxygens (including phenoxy) is 1. The fraction of sp³-hybridized carbons (Fsp3) is 0.824. The second kappa shape index (κ2) is 4.91. The van der Waals surface area contributed by atoms with Gasteiger partial charge in [0, 0.05) is 23.8 Å². The second-order valence-electron chi connectivity index (χ2n) is 8.51. The number of aliphatic imine (C=N–C) groups is 1. The van der Waals surface area contributed by atoms with E-state index in [4.69, 9.17) is 4.74 Å². The molecule has 5 rings (SSSR count). The summed E-state index contributed by atoms with van der Waals surface area (Å²) < 4.78 is 5.68. The summed E-state index contributed by atoms with van der Waals surface area (Å²) in [5.41, 5.74) is 0.0187. The van der Waals surface area contributed by atoms with Gasteiger partial charge in [0.15, 0.2) is 6.04 Å². The van der Waals surface area contributed by atoms with Gasteiger partial charge < -0.3 is 19.6 Å². The lowest BCUT2D eigenvalue weighted by atomic mass is 9.81. The molecule has 136 valence electrons. The second-order valence-corrected chi connectivity index (χ2v) is 10.3. The predicted molar refractivity (Wildman–Crippen MR) is 92.5 cm³/mol. The van der Waals surface area contributed by atoms with E-state index in [1.165, 1.54) is 11.3 Å². The van der Waals surface area contributed by atoms with Crippen LogP contribution in [0.15, 0.2) is 4.99 Å². The maximum Gasteiger partial charge on any atom is 0.327 e. The van der Waals surface area contributed by atoms with Crippen LogP contribution in [0.2, 0.25) is 0 Å². The Morgan fingerprint density at radius 3 is 2.96 bits per heavy atom. The highest BCUT2D eigenvalue weighted by atomic mass is 32.2. The SMILES string of the molecule is CC1(C)S[C@@H]2[C@H](N=CN3CC4CC5CCC4(C3)O5)C(=O)N2[C@H]1C(=O)O. The van der Waals surface area contributed by atoms with Gasteiger partial charge in [0.05, 0.1) is 18.0 Å². The number of amides is 1. The van der Waals surface area contributed by atoms with Crippen molar-refractivity contribution in [1.82, 2.24) is 9.80 Å². The molecular weight excluding hydrogens is 342 g/mol. The van der Waals surface area contributed by atoms with Crippen molar-refractivity contribution < 1.29 is 19.4 Å². The van der Waals surface area contributed by atoms with Gasteiger partial charge in [0.25, 0.3) is 5.91 Å². The molecule has 0 aromatic rings. The van der Waals surface area contributed by atoms with E-state index in [9.17, 15) is 14.7 Å². The number of thioether (sulfide) groups is 1. The molecule has 0 aliphatic carbocycles. The van der Waals surface area contributed by atoms with E-state index >= 15 is 0 Å². The number of likely N-dealkylation sites (tertiary alicyclic amines) is 1. The lowest BCUT2D eigenvalue weighted by Gasteiger charge is -2.41. The van der Waals surface area contributed by atoms with Crippen molar-refractivity contribution in [2.24, 2.45) is 10.9 Å². The fourth-order valence-electron chi connectivity index (χ4n) is 5.42. The Balaban J connectivity index is 1.28. The van der Waals surface area contributed by atoms with Crippen molar-refractivity contribution in [2.75, 3.05) is 13.1 Å². The zero-order valence-electron chi connectivity index (χ0n) is 14.4. The fourth-order valence-corrected chi connectivity index (χ4v) is 7.04. The Hall–Kier alpha value is -1.28. The minimum absolute atomic E-state index is 0.0187. The first-order valence-electron chi connectivity index (χ1n) is 8.99. The molecule has 1 N–H and O–H groups in total. The number of carbonyl (C=O) groups excluding carboxylic acids is 1. The topological polar surface area (TPSA) is 82.4 Å². The van der Waals surface area contributed by atoms with Gasteiger partial charge in [-0.3, -0.25) is 9.79 Å². The highest BCUT2D eigenvalue weighted by Gasteiger charge is 2.64. The first-order chi connectivity index (χ1) is 11.8. The summed E-state index contributed by atoms with van der Waals surface area (Å²) in [6, 6.07) is -1.22. The van der Waals surface area contributed by atoms with E-state index in [1.807, 2.05) is 20.2 Å². The first kappa shape index (κ1) is 15.9. The molecule has 0 saturated carbocycles. The molecule has 1 amide bonds. The molecule has 0 radical (unpaired) electrons. The minimum atomic E-state index is -0.935. The van der Waals surface area contributed by atoms with Crippen LogP contribution >= 0.6 is 11.8 Å². The monoisotopic (exact) mass is 365 g/mol. The van der Waals surface area contributed by atoms with Crippen LogP contribution < -0.4 is 0 Å². The molecule has 5 aliphatic rings. The van der Waals surface area contributed by atoms with Crippen LogP contribution in [0.5, 0.6) is 0 Å². The lowest BCUT2D eigenvalue weighted by Crippen LogP contribution is -2.65. The Kier molecular flexibility index (Phi) is 3.13. The summed E-state index contributed by atoms with van der Waals surface area (Å²) in [6.07, 6.45) is 5.71. The molecule has 25 heavy (non-hydrogen) atoms.